The fraction of sp³-hybridized carbons (Fsp3) is 0.500. The Kier molecular flexibility index (Phi) is 3.59. The van der Waals surface area contributed by atoms with Gasteiger partial charge in [0.15, 0.2) is 0 Å². The lowest BCUT2D eigenvalue weighted by Gasteiger charge is -2.25. The summed E-state index contributed by atoms with van der Waals surface area (Å²) in [5, 5.41) is 12.3. The lowest BCUT2D eigenvalue weighted by molar-refractivity contribution is 0.388. The van der Waals surface area contributed by atoms with Crippen molar-refractivity contribution < 1.29 is 5.11 Å². The van der Waals surface area contributed by atoms with Crippen molar-refractivity contribution in [2.45, 2.75) is 13.8 Å². The van der Waals surface area contributed by atoms with Crippen LogP contribution in [0, 0.1) is 6.54 Å². The van der Waals surface area contributed by atoms with Crippen molar-refractivity contribution in [2.24, 2.45) is 4.99 Å². The lowest BCUT2D eigenvalue weighted by Crippen LogP contribution is -2.41. The molecule has 4 nitrogen and oxygen atoms in total. The second-order valence-corrected chi connectivity index (χ2v) is 3.42. The zero-order chi connectivity index (χ0) is 9.84. The first-order chi connectivity index (χ1) is 6.19. The SMILES string of the molecule is CCN(CC)C1=NC(O)=C(Br)[CH]N1. The predicted octanol–water partition coefficient (Wildman–Crippen LogP) is 1.57. The van der Waals surface area contributed by atoms with Crippen molar-refractivity contribution in [1.82, 2.24) is 10.2 Å². The van der Waals surface area contributed by atoms with E-state index in [-0.39, 0.29) is 5.88 Å². The van der Waals surface area contributed by atoms with Crippen molar-refractivity contribution in [2.75, 3.05) is 13.1 Å². The van der Waals surface area contributed by atoms with Crippen LogP contribution in [-0.4, -0.2) is 29.1 Å². The molecule has 2 N–H and O–H groups in total. The molecule has 1 heterocycles. The molecule has 1 radical (unpaired) electrons. The van der Waals surface area contributed by atoms with Gasteiger partial charge < -0.3 is 15.3 Å². The highest BCUT2D eigenvalue weighted by molar-refractivity contribution is 9.11. The van der Waals surface area contributed by atoms with Crippen LogP contribution in [0.5, 0.6) is 0 Å². The van der Waals surface area contributed by atoms with Gasteiger partial charge in [0.1, 0.15) is 0 Å². The standard InChI is InChI=1S/C8H13BrN3O/c1-3-12(4-2)8-10-5-6(9)7(13)11-8/h5,13H,3-4H2,1-2H3,(H,10,11). The third-order valence-electron chi connectivity index (χ3n) is 1.82. The van der Waals surface area contributed by atoms with Gasteiger partial charge in [0.05, 0.1) is 11.0 Å². The number of nitrogens with one attached hydrogen (secondary N) is 1. The van der Waals surface area contributed by atoms with Crippen LogP contribution in [0.25, 0.3) is 0 Å². The van der Waals surface area contributed by atoms with E-state index in [1.807, 2.05) is 18.7 Å². The number of aliphatic imine (C=N–C) groups is 1. The van der Waals surface area contributed by atoms with Crippen LogP contribution < -0.4 is 5.32 Å². The monoisotopic (exact) mass is 246 g/mol. The van der Waals surface area contributed by atoms with Crippen LogP contribution in [-0.2, 0) is 0 Å². The number of hydrogen-bond acceptors (Lipinski definition) is 4. The Hall–Kier alpha value is -0.710. The summed E-state index contributed by atoms with van der Waals surface area (Å²) in [5.41, 5.74) is 0. The van der Waals surface area contributed by atoms with Crippen LogP contribution in [0.3, 0.4) is 0 Å². The second kappa shape index (κ2) is 4.50. The number of guanidine groups is 1. The van der Waals surface area contributed by atoms with Gasteiger partial charge in [-0.25, -0.2) is 0 Å². The quantitative estimate of drug-likeness (QED) is 0.778. The van der Waals surface area contributed by atoms with E-state index in [1.54, 1.807) is 6.54 Å². The molecule has 73 valence electrons. The maximum Gasteiger partial charge on any atom is 0.226 e. The molecule has 0 amide bonds. The number of rotatable bonds is 2. The van der Waals surface area contributed by atoms with E-state index < -0.39 is 0 Å². The Balaban J connectivity index is 2.77. The van der Waals surface area contributed by atoms with Gasteiger partial charge in [-0.1, -0.05) is 0 Å². The molecular formula is C8H13BrN3O. The van der Waals surface area contributed by atoms with E-state index >= 15 is 0 Å². The fourth-order valence-electron chi connectivity index (χ4n) is 1.06. The second-order valence-electron chi connectivity index (χ2n) is 2.57. The Morgan fingerprint density at radius 3 is 2.62 bits per heavy atom. The molecule has 0 aromatic heterocycles. The molecule has 0 aromatic carbocycles. The molecule has 0 saturated carbocycles. The first kappa shape index (κ1) is 10.4. The largest absolute Gasteiger partial charge is 0.493 e. The first-order valence-electron chi connectivity index (χ1n) is 4.21. The van der Waals surface area contributed by atoms with Crippen LogP contribution >= 0.6 is 15.9 Å². The zero-order valence-corrected chi connectivity index (χ0v) is 9.30. The minimum absolute atomic E-state index is 0.0145. The van der Waals surface area contributed by atoms with Crippen molar-refractivity contribution in [3.05, 3.63) is 16.9 Å². The van der Waals surface area contributed by atoms with Crippen molar-refractivity contribution >= 4 is 21.9 Å². The van der Waals surface area contributed by atoms with Gasteiger partial charge in [-0.3, -0.25) is 0 Å². The smallest absolute Gasteiger partial charge is 0.226 e. The van der Waals surface area contributed by atoms with E-state index in [9.17, 15) is 5.11 Å². The van der Waals surface area contributed by atoms with Gasteiger partial charge in [0, 0.05) is 13.1 Å². The van der Waals surface area contributed by atoms with Gasteiger partial charge in [0.2, 0.25) is 11.8 Å². The van der Waals surface area contributed by atoms with E-state index in [0.717, 1.165) is 13.1 Å². The van der Waals surface area contributed by atoms with Gasteiger partial charge in [-0.05, 0) is 29.8 Å². The van der Waals surface area contributed by atoms with E-state index in [2.05, 4.69) is 26.2 Å². The Labute approximate surface area is 86.5 Å². The Bertz CT molecular complexity index is 246. The molecule has 0 bridgehead atoms. The van der Waals surface area contributed by atoms with E-state index in [0.29, 0.717) is 10.4 Å². The molecule has 0 saturated heterocycles. The van der Waals surface area contributed by atoms with Crippen LogP contribution in [0.15, 0.2) is 15.4 Å². The van der Waals surface area contributed by atoms with Crippen molar-refractivity contribution in [3.63, 3.8) is 0 Å². The van der Waals surface area contributed by atoms with Crippen LogP contribution in [0.1, 0.15) is 13.8 Å². The summed E-state index contributed by atoms with van der Waals surface area (Å²) in [6, 6.07) is 0. The first-order valence-corrected chi connectivity index (χ1v) is 5.00. The van der Waals surface area contributed by atoms with Gasteiger partial charge in [0.25, 0.3) is 0 Å². The summed E-state index contributed by atoms with van der Waals surface area (Å²) in [6.07, 6.45) is 0. The Morgan fingerprint density at radius 1 is 1.54 bits per heavy atom. The molecule has 0 fully saturated rings. The summed E-state index contributed by atoms with van der Waals surface area (Å²) in [7, 11) is 0. The van der Waals surface area contributed by atoms with Gasteiger partial charge in [-0.15, -0.1) is 0 Å². The van der Waals surface area contributed by atoms with Crippen molar-refractivity contribution in [3.8, 4) is 0 Å². The average Bonchev–Trinajstić information content (AvgIpc) is 2.13. The highest BCUT2D eigenvalue weighted by atomic mass is 79.9. The van der Waals surface area contributed by atoms with Gasteiger partial charge in [-0.2, -0.15) is 4.99 Å². The van der Waals surface area contributed by atoms with E-state index in [1.165, 1.54) is 0 Å². The third kappa shape index (κ3) is 2.37. The number of hydrogen-bond donors (Lipinski definition) is 2. The minimum Gasteiger partial charge on any atom is -0.493 e. The third-order valence-corrected chi connectivity index (χ3v) is 2.40. The number of aliphatic hydroxyl groups excluding tert-OH is 1. The summed E-state index contributed by atoms with van der Waals surface area (Å²) < 4.78 is 0.573. The predicted molar refractivity (Wildman–Crippen MR) is 56.4 cm³/mol. The molecule has 5 heteroatoms. The summed E-state index contributed by atoms with van der Waals surface area (Å²) in [5.74, 6) is 0.700. The maximum absolute atomic E-state index is 9.34. The van der Waals surface area contributed by atoms with E-state index in [4.69, 9.17) is 0 Å². The molecular weight excluding hydrogens is 234 g/mol. The summed E-state index contributed by atoms with van der Waals surface area (Å²) in [4.78, 5) is 6.01. The molecule has 1 aliphatic rings. The highest BCUT2D eigenvalue weighted by Gasteiger charge is 2.15. The molecule has 0 unspecified atom stereocenters. The molecule has 0 atom stereocenters. The fourth-order valence-corrected chi connectivity index (χ4v) is 1.27. The zero-order valence-electron chi connectivity index (χ0n) is 7.71. The number of halogens is 1. The molecule has 0 aromatic rings. The molecule has 0 aliphatic carbocycles. The van der Waals surface area contributed by atoms with Crippen LogP contribution in [0.4, 0.5) is 0 Å². The van der Waals surface area contributed by atoms with Gasteiger partial charge >= 0.3 is 0 Å². The summed E-state index contributed by atoms with van der Waals surface area (Å²) >= 11 is 3.16. The molecule has 13 heavy (non-hydrogen) atoms. The molecule has 1 aliphatic heterocycles. The Morgan fingerprint density at radius 2 is 2.15 bits per heavy atom. The molecule has 1 rings (SSSR count). The maximum atomic E-state index is 9.34. The summed E-state index contributed by atoms with van der Waals surface area (Å²) in [6.45, 7) is 7.48. The number of nitrogens with zero attached hydrogens (tertiary/aromatic N) is 2. The normalized spacial score (nSPS) is 16.7. The average molecular weight is 247 g/mol. The number of aliphatic hydroxyl groups is 1. The molecule has 0 spiro atoms. The lowest BCUT2D eigenvalue weighted by atomic mass is 10.4. The topological polar surface area (TPSA) is 47.9 Å². The van der Waals surface area contributed by atoms with Crippen LogP contribution in [0.2, 0.25) is 0 Å². The minimum atomic E-state index is 0.0145. The highest BCUT2D eigenvalue weighted by Crippen LogP contribution is 2.16. The van der Waals surface area contributed by atoms with Crippen molar-refractivity contribution in [1.29, 1.82) is 0 Å².